The number of carbonyl (C=O) groups excluding carboxylic acids is 2. The molecule has 1 atom stereocenters. The predicted octanol–water partition coefficient (Wildman–Crippen LogP) is 2.79. The van der Waals surface area contributed by atoms with Gasteiger partial charge in [-0.3, -0.25) is 14.4 Å². The quantitative estimate of drug-likeness (QED) is 0.670. The number of hydrogen-bond donors (Lipinski definition) is 2. The van der Waals surface area contributed by atoms with E-state index in [1.165, 1.54) is 25.5 Å². The summed E-state index contributed by atoms with van der Waals surface area (Å²) in [6, 6.07) is 0.0714. The van der Waals surface area contributed by atoms with Gasteiger partial charge in [-0.1, -0.05) is 38.2 Å². The van der Waals surface area contributed by atoms with Crippen LogP contribution in [0.15, 0.2) is 29.8 Å². The van der Waals surface area contributed by atoms with E-state index < -0.39 is 17.2 Å². The third kappa shape index (κ3) is 6.05. The maximum Gasteiger partial charge on any atom is 0.257 e. The molecule has 1 aliphatic heterocycles. The fraction of sp³-hybridized carbons (Fsp3) is 0.609. The smallest absolute Gasteiger partial charge is 0.257 e. The molecular formula is C23H33N3O4. The van der Waals surface area contributed by atoms with E-state index in [0.29, 0.717) is 13.2 Å². The summed E-state index contributed by atoms with van der Waals surface area (Å²) in [4.78, 5) is 38.5. The van der Waals surface area contributed by atoms with Crippen molar-refractivity contribution in [3.05, 3.63) is 46.4 Å². The highest BCUT2D eigenvalue weighted by Crippen LogP contribution is 2.18. The first-order valence-corrected chi connectivity index (χ1v) is 11.1. The zero-order valence-electron chi connectivity index (χ0n) is 17.7. The van der Waals surface area contributed by atoms with Gasteiger partial charge in [-0.15, -0.1) is 6.58 Å². The highest BCUT2D eigenvalue weighted by molar-refractivity contribution is 5.99. The SMILES string of the molecule is C=CCNC(=O)c1cn(C[C@@H]2CCCO2)cc(C(=O)NC2CCCCCCC2)c1=O. The van der Waals surface area contributed by atoms with Crippen molar-refractivity contribution in [2.75, 3.05) is 13.2 Å². The summed E-state index contributed by atoms with van der Waals surface area (Å²) in [6.07, 6.45) is 14.2. The molecule has 2 heterocycles. The summed E-state index contributed by atoms with van der Waals surface area (Å²) >= 11 is 0. The van der Waals surface area contributed by atoms with Crippen LogP contribution in [0.4, 0.5) is 0 Å². The Balaban J connectivity index is 1.84. The van der Waals surface area contributed by atoms with Crippen molar-refractivity contribution in [2.24, 2.45) is 0 Å². The fourth-order valence-electron chi connectivity index (χ4n) is 4.21. The van der Waals surface area contributed by atoms with Gasteiger partial charge in [0, 0.05) is 38.1 Å². The van der Waals surface area contributed by atoms with Gasteiger partial charge in [0.15, 0.2) is 0 Å². The molecule has 7 nitrogen and oxygen atoms in total. The van der Waals surface area contributed by atoms with Gasteiger partial charge in [0.1, 0.15) is 11.1 Å². The van der Waals surface area contributed by atoms with Gasteiger partial charge in [-0.05, 0) is 25.7 Å². The Morgan fingerprint density at radius 3 is 2.33 bits per heavy atom. The Hall–Kier alpha value is -2.41. The summed E-state index contributed by atoms with van der Waals surface area (Å²) in [7, 11) is 0. The molecule has 3 rings (SSSR count). The lowest BCUT2D eigenvalue weighted by Gasteiger charge is -2.21. The Labute approximate surface area is 177 Å². The van der Waals surface area contributed by atoms with E-state index in [1.54, 1.807) is 16.8 Å². The molecule has 0 aromatic carbocycles. The van der Waals surface area contributed by atoms with Crippen LogP contribution in [0.25, 0.3) is 0 Å². The lowest BCUT2D eigenvalue weighted by Crippen LogP contribution is -2.40. The number of ether oxygens (including phenoxy) is 1. The molecule has 2 amide bonds. The molecular weight excluding hydrogens is 382 g/mol. The van der Waals surface area contributed by atoms with Crippen LogP contribution in [-0.2, 0) is 11.3 Å². The second-order valence-corrected chi connectivity index (χ2v) is 8.26. The van der Waals surface area contributed by atoms with Crippen LogP contribution < -0.4 is 16.1 Å². The Morgan fingerprint density at radius 1 is 1.03 bits per heavy atom. The Bertz CT molecular complexity index is 803. The molecule has 1 aromatic rings. The highest BCUT2D eigenvalue weighted by atomic mass is 16.5. The van der Waals surface area contributed by atoms with Gasteiger partial charge in [0.25, 0.3) is 11.8 Å². The van der Waals surface area contributed by atoms with E-state index in [-0.39, 0.29) is 29.8 Å². The predicted molar refractivity (Wildman–Crippen MR) is 116 cm³/mol. The first-order chi connectivity index (χ1) is 14.6. The molecule has 2 fully saturated rings. The molecule has 2 aliphatic rings. The van der Waals surface area contributed by atoms with Crippen LogP contribution in [0.3, 0.4) is 0 Å². The largest absolute Gasteiger partial charge is 0.376 e. The maximum atomic E-state index is 13.0. The molecule has 1 aromatic heterocycles. The average Bonchev–Trinajstić information content (AvgIpc) is 3.22. The van der Waals surface area contributed by atoms with Gasteiger partial charge in [-0.25, -0.2) is 0 Å². The normalized spacial score (nSPS) is 20.2. The van der Waals surface area contributed by atoms with Gasteiger partial charge in [0.05, 0.1) is 6.10 Å². The molecule has 7 heteroatoms. The lowest BCUT2D eigenvalue weighted by atomic mass is 9.96. The zero-order valence-corrected chi connectivity index (χ0v) is 17.7. The number of nitrogens with one attached hydrogen (secondary N) is 2. The van der Waals surface area contributed by atoms with Gasteiger partial charge in [0.2, 0.25) is 5.43 Å². The molecule has 1 saturated carbocycles. The Kier molecular flexibility index (Phi) is 8.25. The second-order valence-electron chi connectivity index (χ2n) is 8.26. The van der Waals surface area contributed by atoms with Gasteiger partial charge >= 0.3 is 0 Å². The monoisotopic (exact) mass is 415 g/mol. The maximum absolute atomic E-state index is 13.0. The van der Waals surface area contributed by atoms with Crippen molar-refractivity contribution in [1.82, 2.24) is 15.2 Å². The number of nitrogens with zero attached hydrogens (tertiary/aromatic N) is 1. The number of carbonyl (C=O) groups is 2. The van der Waals surface area contributed by atoms with Crippen LogP contribution in [0.1, 0.15) is 78.5 Å². The summed E-state index contributed by atoms with van der Waals surface area (Å²) < 4.78 is 7.43. The van der Waals surface area contributed by atoms with E-state index >= 15 is 0 Å². The fourth-order valence-corrected chi connectivity index (χ4v) is 4.21. The highest BCUT2D eigenvalue weighted by Gasteiger charge is 2.23. The van der Waals surface area contributed by atoms with E-state index in [2.05, 4.69) is 17.2 Å². The first kappa shape index (κ1) is 22.3. The molecule has 164 valence electrons. The van der Waals surface area contributed by atoms with Crippen LogP contribution in [0, 0.1) is 0 Å². The molecule has 0 bridgehead atoms. The van der Waals surface area contributed by atoms with Gasteiger partial charge < -0.3 is 19.9 Å². The van der Waals surface area contributed by atoms with E-state index in [9.17, 15) is 14.4 Å². The van der Waals surface area contributed by atoms with Crippen LogP contribution in [-0.4, -0.2) is 41.7 Å². The Morgan fingerprint density at radius 2 is 1.70 bits per heavy atom. The number of hydrogen-bond acceptors (Lipinski definition) is 4. The standard InChI is InChI=1S/C23H33N3O4/c1-2-12-24-22(28)19-15-26(14-18-11-8-13-30-18)16-20(21(19)27)23(29)25-17-9-6-4-3-5-7-10-17/h2,15-18H,1,3-14H2,(H,24,28)(H,25,29)/t18-/m0/s1. The minimum atomic E-state index is -0.538. The van der Waals surface area contributed by atoms with E-state index in [1.807, 2.05) is 0 Å². The van der Waals surface area contributed by atoms with Gasteiger partial charge in [-0.2, -0.15) is 0 Å². The van der Waals surface area contributed by atoms with E-state index in [0.717, 1.165) is 38.5 Å². The summed E-state index contributed by atoms with van der Waals surface area (Å²) in [5, 5.41) is 5.68. The van der Waals surface area contributed by atoms with Crippen molar-refractivity contribution in [2.45, 2.75) is 76.5 Å². The number of rotatable bonds is 7. The first-order valence-electron chi connectivity index (χ1n) is 11.1. The van der Waals surface area contributed by atoms with Crippen LogP contribution in [0.2, 0.25) is 0 Å². The third-order valence-corrected chi connectivity index (χ3v) is 5.85. The minimum Gasteiger partial charge on any atom is -0.376 e. The number of pyridine rings is 1. The second kappa shape index (κ2) is 11.1. The van der Waals surface area contributed by atoms with Crippen LogP contribution in [0.5, 0.6) is 0 Å². The molecule has 1 aliphatic carbocycles. The minimum absolute atomic E-state index is 0.0151. The van der Waals surface area contributed by atoms with Crippen molar-refractivity contribution in [3.63, 3.8) is 0 Å². The summed E-state index contributed by atoms with van der Waals surface area (Å²) in [6.45, 7) is 5.05. The van der Waals surface area contributed by atoms with E-state index in [4.69, 9.17) is 4.74 Å². The van der Waals surface area contributed by atoms with Crippen molar-refractivity contribution < 1.29 is 14.3 Å². The third-order valence-electron chi connectivity index (χ3n) is 5.85. The van der Waals surface area contributed by atoms with Crippen LogP contribution >= 0.6 is 0 Å². The van der Waals surface area contributed by atoms with Crippen molar-refractivity contribution in [3.8, 4) is 0 Å². The zero-order chi connectivity index (χ0) is 21.3. The summed E-state index contributed by atoms with van der Waals surface area (Å²) in [5.41, 5.74) is -0.551. The lowest BCUT2D eigenvalue weighted by molar-refractivity contribution is 0.0915. The molecule has 1 saturated heterocycles. The average molecular weight is 416 g/mol. The van der Waals surface area contributed by atoms with Crippen molar-refractivity contribution >= 4 is 11.8 Å². The molecule has 2 N–H and O–H groups in total. The summed E-state index contributed by atoms with van der Waals surface area (Å²) in [5.74, 6) is -0.897. The topological polar surface area (TPSA) is 89.4 Å². The number of amides is 2. The molecule has 0 radical (unpaired) electrons. The molecule has 0 unspecified atom stereocenters. The molecule has 30 heavy (non-hydrogen) atoms. The van der Waals surface area contributed by atoms with Crippen molar-refractivity contribution in [1.29, 1.82) is 0 Å². The number of aromatic nitrogens is 1. The molecule has 0 spiro atoms.